The maximum absolute atomic E-state index is 12.9. The molecule has 2 unspecified atom stereocenters. The van der Waals surface area contributed by atoms with Crippen LogP contribution in [-0.2, 0) is 0 Å². The Morgan fingerprint density at radius 1 is 1.32 bits per heavy atom. The van der Waals surface area contributed by atoms with Crippen LogP contribution in [0.1, 0.15) is 42.6 Å². The molecule has 8 heteroatoms. The van der Waals surface area contributed by atoms with Gasteiger partial charge >= 0.3 is 0 Å². The summed E-state index contributed by atoms with van der Waals surface area (Å²) in [4.78, 5) is 19.1. The van der Waals surface area contributed by atoms with E-state index in [1.54, 1.807) is 30.0 Å². The number of piperidine rings is 1. The number of hydrogen-bond donors (Lipinski definition) is 1. The molecule has 2 heterocycles. The second-order valence-corrected chi connectivity index (χ2v) is 7.20. The molecule has 1 aliphatic heterocycles. The molecule has 2 aromatic rings. The predicted octanol–water partition coefficient (Wildman–Crippen LogP) is 3.22. The molecule has 134 valence electrons. The van der Waals surface area contributed by atoms with Crippen molar-refractivity contribution in [1.82, 2.24) is 19.7 Å². The van der Waals surface area contributed by atoms with E-state index in [4.69, 9.17) is 28.9 Å². The fourth-order valence-corrected chi connectivity index (χ4v) is 3.83. The lowest BCUT2D eigenvalue weighted by molar-refractivity contribution is 0.0571. The number of halogens is 2. The maximum Gasteiger partial charge on any atom is 0.293 e. The molecule has 6 nitrogen and oxygen atoms in total. The first-order valence-corrected chi connectivity index (χ1v) is 9.10. The minimum Gasteiger partial charge on any atom is -0.331 e. The summed E-state index contributed by atoms with van der Waals surface area (Å²) < 4.78 is 1.52. The number of carbonyl (C=O) groups is 1. The highest BCUT2D eigenvalue weighted by Crippen LogP contribution is 2.29. The molecule has 2 N–H and O–H groups in total. The number of likely N-dealkylation sites (tertiary alicyclic amines) is 1. The zero-order valence-electron chi connectivity index (χ0n) is 14.2. The van der Waals surface area contributed by atoms with Gasteiger partial charge in [0.1, 0.15) is 11.5 Å². The third kappa shape index (κ3) is 3.52. The molecular formula is C17H21Cl2N5O. The van der Waals surface area contributed by atoms with Crippen LogP contribution in [-0.4, -0.2) is 44.2 Å². The average molecular weight is 382 g/mol. The van der Waals surface area contributed by atoms with Crippen LogP contribution in [0.4, 0.5) is 0 Å². The molecule has 2 atom stereocenters. The Kier molecular flexibility index (Phi) is 5.32. The van der Waals surface area contributed by atoms with Crippen LogP contribution in [0.3, 0.4) is 0 Å². The van der Waals surface area contributed by atoms with Crippen LogP contribution >= 0.6 is 23.2 Å². The molecule has 1 saturated heterocycles. The monoisotopic (exact) mass is 381 g/mol. The molecule has 1 aromatic carbocycles. The number of hydrogen-bond acceptors (Lipinski definition) is 4. The molecule has 3 rings (SSSR count). The van der Waals surface area contributed by atoms with Gasteiger partial charge in [0.25, 0.3) is 5.91 Å². The minimum atomic E-state index is -0.202. The zero-order valence-corrected chi connectivity index (χ0v) is 15.8. The first kappa shape index (κ1) is 18.2. The van der Waals surface area contributed by atoms with Gasteiger partial charge < -0.3 is 10.6 Å². The molecule has 25 heavy (non-hydrogen) atoms. The third-order valence-corrected chi connectivity index (χ3v) is 5.14. The smallest absolute Gasteiger partial charge is 0.293 e. The molecule has 1 amide bonds. The van der Waals surface area contributed by atoms with Crippen molar-refractivity contribution in [3.63, 3.8) is 0 Å². The number of rotatable bonds is 3. The number of nitrogens with zero attached hydrogens (tertiary/aromatic N) is 4. The van der Waals surface area contributed by atoms with E-state index in [2.05, 4.69) is 10.1 Å². The largest absolute Gasteiger partial charge is 0.331 e. The molecule has 0 bridgehead atoms. The van der Waals surface area contributed by atoms with Crippen LogP contribution in [0.15, 0.2) is 18.2 Å². The normalized spacial score (nSPS) is 19.1. The Balaban J connectivity index is 1.96. The summed E-state index contributed by atoms with van der Waals surface area (Å²) in [6, 6.07) is 5.13. The number of aryl methyl sites for hydroxylation is 1. The topological polar surface area (TPSA) is 77.0 Å². The van der Waals surface area contributed by atoms with Gasteiger partial charge in [0, 0.05) is 18.6 Å². The van der Waals surface area contributed by atoms with Gasteiger partial charge in [-0.05, 0) is 45.2 Å². The highest BCUT2D eigenvalue weighted by atomic mass is 35.5. The lowest BCUT2D eigenvalue weighted by Gasteiger charge is -2.37. The Morgan fingerprint density at radius 3 is 2.64 bits per heavy atom. The average Bonchev–Trinajstić information content (AvgIpc) is 2.95. The first-order chi connectivity index (χ1) is 11.9. The molecule has 0 radical (unpaired) electrons. The van der Waals surface area contributed by atoms with Gasteiger partial charge in [-0.25, -0.2) is 9.67 Å². The number of benzene rings is 1. The third-order valence-electron chi connectivity index (χ3n) is 4.53. The lowest BCUT2D eigenvalue weighted by atomic mass is 9.97. The molecule has 0 saturated carbocycles. The first-order valence-electron chi connectivity index (χ1n) is 8.34. The molecule has 1 fully saturated rings. The summed E-state index contributed by atoms with van der Waals surface area (Å²) in [7, 11) is 0. The van der Waals surface area contributed by atoms with E-state index in [-0.39, 0.29) is 23.8 Å². The highest BCUT2D eigenvalue weighted by Gasteiger charge is 2.32. The molecule has 0 spiro atoms. The van der Waals surface area contributed by atoms with Crippen LogP contribution in [0, 0.1) is 6.92 Å². The Hall–Kier alpha value is -1.63. The van der Waals surface area contributed by atoms with Crippen molar-refractivity contribution in [2.45, 2.75) is 45.2 Å². The number of para-hydroxylation sites is 1. The fraction of sp³-hybridized carbons (Fsp3) is 0.471. The van der Waals surface area contributed by atoms with E-state index in [9.17, 15) is 4.79 Å². The second-order valence-electron chi connectivity index (χ2n) is 6.39. The van der Waals surface area contributed by atoms with Crippen LogP contribution in [0.2, 0.25) is 10.0 Å². The van der Waals surface area contributed by atoms with Crippen molar-refractivity contribution < 1.29 is 4.79 Å². The van der Waals surface area contributed by atoms with Crippen LogP contribution in [0.25, 0.3) is 5.69 Å². The highest BCUT2D eigenvalue weighted by molar-refractivity contribution is 6.37. The molecule has 1 aliphatic rings. The second kappa shape index (κ2) is 7.32. The fourth-order valence-electron chi connectivity index (χ4n) is 3.27. The van der Waals surface area contributed by atoms with Gasteiger partial charge in [0.05, 0.1) is 10.0 Å². The van der Waals surface area contributed by atoms with Gasteiger partial charge in [-0.3, -0.25) is 4.79 Å². The minimum absolute atomic E-state index is 0.0115. The van der Waals surface area contributed by atoms with Gasteiger partial charge in [-0.15, -0.1) is 5.10 Å². The van der Waals surface area contributed by atoms with Crippen molar-refractivity contribution in [3.8, 4) is 5.69 Å². The number of carbonyl (C=O) groups excluding carboxylic acids is 1. The Labute approximate surface area is 156 Å². The Bertz CT molecular complexity index is 769. The maximum atomic E-state index is 12.9. The van der Waals surface area contributed by atoms with E-state index >= 15 is 0 Å². The lowest BCUT2D eigenvalue weighted by Crippen LogP contribution is -2.51. The standard InChI is InChI=1S/C17H21Cl2N5O/c1-10(20)14-8-3-4-9-23(14)17(25)16-21-11(2)24(22-16)15-12(18)6-5-7-13(15)19/h5-7,10,14H,3-4,8-9,20H2,1-2H3. The van der Waals surface area contributed by atoms with Crippen LogP contribution < -0.4 is 5.73 Å². The van der Waals surface area contributed by atoms with Crippen LogP contribution in [0.5, 0.6) is 0 Å². The van der Waals surface area contributed by atoms with Gasteiger partial charge in [0.2, 0.25) is 5.82 Å². The summed E-state index contributed by atoms with van der Waals surface area (Å²) in [6.07, 6.45) is 2.94. The van der Waals surface area contributed by atoms with E-state index < -0.39 is 0 Å². The number of nitrogens with two attached hydrogens (primary N) is 1. The van der Waals surface area contributed by atoms with Crippen molar-refractivity contribution in [3.05, 3.63) is 39.9 Å². The summed E-state index contributed by atoms with van der Waals surface area (Å²) >= 11 is 12.5. The summed E-state index contributed by atoms with van der Waals surface area (Å²) in [5.74, 6) is 0.487. The van der Waals surface area contributed by atoms with E-state index in [0.29, 0.717) is 28.1 Å². The predicted molar refractivity (Wildman–Crippen MR) is 98.4 cm³/mol. The summed E-state index contributed by atoms with van der Waals surface area (Å²) in [5, 5.41) is 5.28. The van der Waals surface area contributed by atoms with Gasteiger partial charge in [0.15, 0.2) is 0 Å². The van der Waals surface area contributed by atoms with E-state index in [1.807, 2.05) is 6.92 Å². The summed E-state index contributed by atoms with van der Waals surface area (Å²) in [6.45, 7) is 4.37. The summed E-state index contributed by atoms with van der Waals surface area (Å²) in [5.41, 5.74) is 6.59. The zero-order chi connectivity index (χ0) is 18.1. The van der Waals surface area contributed by atoms with Gasteiger partial charge in [-0.1, -0.05) is 29.3 Å². The quantitative estimate of drug-likeness (QED) is 0.884. The Morgan fingerprint density at radius 2 is 2.00 bits per heavy atom. The van der Waals surface area contributed by atoms with Gasteiger partial charge in [-0.2, -0.15) is 0 Å². The molecular weight excluding hydrogens is 361 g/mol. The molecule has 0 aliphatic carbocycles. The number of amides is 1. The van der Waals surface area contributed by atoms with Crippen molar-refractivity contribution >= 4 is 29.1 Å². The molecule has 1 aromatic heterocycles. The van der Waals surface area contributed by atoms with Crippen molar-refractivity contribution in [1.29, 1.82) is 0 Å². The van der Waals surface area contributed by atoms with E-state index in [0.717, 1.165) is 19.3 Å². The number of aromatic nitrogens is 3. The van der Waals surface area contributed by atoms with E-state index in [1.165, 1.54) is 4.68 Å². The SMILES string of the molecule is Cc1nc(C(=O)N2CCCCC2C(C)N)nn1-c1c(Cl)cccc1Cl. The van der Waals surface area contributed by atoms with Crippen molar-refractivity contribution in [2.75, 3.05) is 6.54 Å². The van der Waals surface area contributed by atoms with Crippen molar-refractivity contribution in [2.24, 2.45) is 5.73 Å².